The van der Waals surface area contributed by atoms with Crippen LogP contribution in [0.5, 0.6) is 0 Å². The highest BCUT2D eigenvalue weighted by Gasteiger charge is 2.57. The van der Waals surface area contributed by atoms with Crippen molar-refractivity contribution in [3.63, 3.8) is 0 Å². The van der Waals surface area contributed by atoms with Gasteiger partial charge in [-0.25, -0.2) is 0 Å². The fraction of sp³-hybridized carbons (Fsp3) is 0.867. The van der Waals surface area contributed by atoms with Gasteiger partial charge in [0.2, 0.25) is 0 Å². The summed E-state index contributed by atoms with van der Waals surface area (Å²) in [4.78, 5) is 0. The van der Waals surface area contributed by atoms with E-state index in [2.05, 4.69) is 6.92 Å². The third-order valence-corrected chi connectivity index (χ3v) is 5.34. The number of aliphatic hydroxyl groups is 4. The normalized spacial score (nSPS) is 49.1. The van der Waals surface area contributed by atoms with E-state index in [1.54, 1.807) is 0 Å². The molecule has 0 saturated heterocycles. The molecule has 0 aromatic carbocycles. The smallest absolute Gasteiger partial charge is 0.0767 e. The Bertz CT molecular complexity index is 392. The molecule has 2 aliphatic carbocycles. The molecule has 0 spiro atoms. The zero-order valence-corrected chi connectivity index (χ0v) is 12.1. The quantitative estimate of drug-likeness (QED) is 0.573. The monoisotopic (exact) mass is 270 g/mol. The molecule has 0 radical (unpaired) electrons. The maximum Gasteiger partial charge on any atom is 0.0767 e. The summed E-state index contributed by atoms with van der Waals surface area (Å²) in [5, 5.41) is 39.1. The van der Waals surface area contributed by atoms with Crippen LogP contribution in [0.1, 0.15) is 40.0 Å². The molecular weight excluding hydrogens is 244 g/mol. The molecule has 0 unspecified atom stereocenters. The molecule has 0 heterocycles. The van der Waals surface area contributed by atoms with Gasteiger partial charge in [0.15, 0.2) is 0 Å². The Kier molecular flexibility index (Phi) is 3.82. The van der Waals surface area contributed by atoms with Crippen LogP contribution in [-0.4, -0.2) is 45.8 Å². The first kappa shape index (κ1) is 15.0. The Morgan fingerprint density at radius 2 is 1.79 bits per heavy atom. The summed E-state index contributed by atoms with van der Waals surface area (Å²) in [6.45, 7) is 5.92. The number of rotatable bonds is 3. The van der Waals surface area contributed by atoms with Crippen LogP contribution in [-0.2, 0) is 0 Å². The van der Waals surface area contributed by atoms with Crippen LogP contribution in [0.4, 0.5) is 0 Å². The SMILES string of the molecule is C/C(CO)=C1\[C@@H](O)C[C@]1(C)[C@H]1C[C@](C)(CO)C[C@@H]1O. The van der Waals surface area contributed by atoms with Crippen LogP contribution in [0.15, 0.2) is 11.1 Å². The highest BCUT2D eigenvalue weighted by atomic mass is 16.3. The average Bonchev–Trinajstić information content (AvgIpc) is 2.65. The van der Waals surface area contributed by atoms with E-state index in [0.29, 0.717) is 12.8 Å². The lowest BCUT2D eigenvalue weighted by Crippen LogP contribution is -2.50. The van der Waals surface area contributed by atoms with E-state index in [0.717, 1.165) is 17.6 Å². The van der Waals surface area contributed by atoms with Crippen LogP contribution < -0.4 is 0 Å². The highest BCUT2D eigenvalue weighted by molar-refractivity contribution is 5.35. The van der Waals surface area contributed by atoms with Crippen molar-refractivity contribution < 1.29 is 20.4 Å². The van der Waals surface area contributed by atoms with Crippen LogP contribution in [0.3, 0.4) is 0 Å². The molecule has 4 heteroatoms. The first-order valence-corrected chi connectivity index (χ1v) is 7.05. The summed E-state index contributed by atoms with van der Waals surface area (Å²) < 4.78 is 0. The van der Waals surface area contributed by atoms with E-state index in [1.807, 2.05) is 13.8 Å². The standard InChI is InChI=1S/C15H26O4/c1-9(7-16)13-12(19)6-15(13,3)10-4-14(2,8-17)5-11(10)18/h10-12,16-19H,4-8H2,1-3H3/b13-9-/t10-,11-,12-,14-,15+/m0/s1. The lowest BCUT2D eigenvalue weighted by Gasteiger charge is -2.52. The topological polar surface area (TPSA) is 80.9 Å². The Labute approximate surface area is 114 Å². The molecule has 4 nitrogen and oxygen atoms in total. The molecule has 2 aliphatic rings. The molecule has 0 bridgehead atoms. The maximum atomic E-state index is 10.3. The van der Waals surface area contributed by atoms with Crippen molar-refractivity contribution in [3.8, 4) is 0 Å². The summed E-state index contributed by atoms with van der Waals surface area (Å²) in [6.07, 6.45) is 1.05. The third kappa shape index (κ3) is 2.25. The molecule has 4 N–H and O–H groups in total. The molecule has 0 aromatic rings. The van der Waals surface area contributed by atoms with Gasteiger partial charge in [0.05, 0.1) is 18.8 Å². The Morgan fingerprint density at radius 1 is 1.16 bits per heavy atom. The van der Waals surface area contributed by atoms with Gasteiger partial charge < -0.3 is 20.4 Å². The Balaban J connectivity index is 2.27. The Morgan fingerprint density at radius 3 is 2.21 bits per heavy atom. The van der Waals surface area contributed by atoms with Gasteiger partial charge in [0, 0.05) is 6.61 Å². The predicted molar refractivity (Wildman–Crippen MR) is 72.4 cm³/mol. The minimum absolute atomic E-state index is 0.0459. The van der Waals surface area contributed by atoms with Crippen molar-refractivity contribution in [2.75, 3.05) is 13.2 Å². The second kappa shape index (κ2) is 4.85. The molecule has 2 saturated carbocycles. The largest absolute Gasteiger partial charge is 0.396 e. The predicted octanol–water partition coefficient (Wildman–Crippen LogP) is 0.836. The van der Waals surface area contributed by atoms with Gasteiger partial charge in [-0.2, -0.15) is 0 Å². The van der Waals surface area contributed by atoms with Gasteiger partial charge >= 0.3 is 0 Å². The fourth-order valence-electron chi connectivity index (χ4n) is 4.25. The van der Waals surface area contributed by atoms with Crippen LogP contribution in [0.25, 0.3) is 0 Å². The summed E-state index contributed by atoms with van der Waals surface area (Å²) in [6, 6.07) is 0. The van der Waals surface area contributed by atoms with Crippen molar-refractivity contribution >= 4 is 0 Å². The molecule has 5 atom stereocenters. The van der Waals surface area contributed by atoms with Gasteiger partial charge in [-0.05, 0) is 54.1 Å². The molecule has 2 fully saturated rings. The van der Waals surface area contributed by atoms with Crippen LogP contribution in [0, 0.1) is 16.7 Å². The lowest BCUT2D eigenvalue weighted by atomic mass is 9.55. The second-order valence-electron chi connectivity index (χ2n) is 7.04. The summed E-state index contributed by atoms with van der Waals surface area (Å²) in [5.41, 5.74) is 1.22. The minimum atomic E-state index is -0.495. The molecule has 0 aromatic heterocycles. The molecule has 0 amide bonds. The second-order valence-corrected chi connectivity index (χ2v) is 7.04. The van der Waals surface area contributed by atoms with Gasteiger partial charge in [-0.1, -0.05) is 13.8 Å². The molecule has 0 aliphatic heterocycles. The van der Waals surface area contributed by atoms with E-state index in [1.165, 1.54) is 0 Å². The van der Waals surface area contributed by atoms with Gasteiger partial charge in [0.1, 0.15) is 0 Å². The minimum Gasteiger partial charge on any atom is -0.396 e. The van der Waals surface area contributed by atoms with E-state index >= 15 is 0 Å². The molecule has 110 valence electrons. The van der Waals surface area contributed by atoms with Gasteiger partial charge in [-0.3, -0.25) is 0 Å². The van der Waals surface area contributed by atoms with Crippen molar-refractivity contribution in [1.82, 2.24) is 0 Å². The van der Waals surface area contributed by atoms with Crippen molar-refractivity contribution in [1.29, 1.82) is 0 Å². The van der Waals surface area contributed by atoms with E-state index in [4.69, 9.17) is 0 Å². The van der Waals surface area contributed by atoms with Crippen LogP contribution in [0.2, 0.25) is 0 Å². The molecule has 2 rings (SSSR count). The van der Waals surface area contributed by atoms with Gasteiger partial charge in [-0.15, -0.1) is 0 Å². The van der Waals surface area contributed by atoms with Crippen molar-refractivity contribution in [2.45, 2.75) is 52.2 Å². The molecule has 19 heavy (non-hydrogen) atoms. The van der Waals surface area contributed by atoms with Crippen molar-refractivity contribution in [2.24, 2.45) is 16.7 Å². The number of hydrogen-bond donors (Lipinski definition) is 4. The summed E-state index contributed by atoms with van der Waals surface area (Å²) >= 11 is 0. The lowest BCUT2D eigenvalue weighted by molar-refractivity contribution is -0.0246. The molecular formula is C15H26O4. The zero-order valence-electron chi connectivity index (χ0n) is 12.1. The first-order valence-electron chi connectivity index (χ1n) is 7.05. The number of hydrogen-bond acceptors (Lipinski definition) is 4. The Hall–Kier alpha value is -0.420. The van der Waals surface area contributed by atoms with E-state index < -0.39 is 12.2 Å². The first-order chi connectivity index (χ1) is 8.77. The summed E-state index contributed by atoms with van der Waals surface area (Å²) in [5.74, 6) is 0.0459. The zero-order chi connectivity index (χ0) is 14.4. The van der Waals surface area contributed by atoms with E-state index in [9.17, 15) is 20.4 Å². The fourth-order valence-corrected chi connectivity index (χ4v) is 4.25. The number of aliphatic hydroxyl groups excluding tert-OH is 4. The third-order valence-electron chi connectivity index (χ3n) is 5.34. The maximum absolute atomic E-state index is 10.3. The van der Waals surface area contributed by atoms with Crippen molar-refractivity contribution in [3.05, 3.63) is 11.1 Å². The van der Waals surface area contributed by atoms with Crippen LogP contribution >= 0.6 is 0 Å². The highest BCUT2D eigenvalue weighted by Crippen LogP contribution is 2.60. The average molecular weight is 270 g/mol. The summed E-state index contributed by atoms with van der Waals surface area (Å²) in [7, 11) is 0. The van der Waals surface area contributed by atoms with E-state index in [-0.39, 0.29) is 30.0 Å². The van der Waals surface area contributed by atoms with Gasteiger partial charge in [0.25, 0.3) is 0 Å².